The number of nitrogens with zero attached hydrogens (tertiary/aromatic N) is 3. The van der Waals surface area contributed by atoms with E-state index in [4.69, 9.17) is 19.4 Å². The third kappa shape index (κ3) is 5.45. The molecule has 0 saturated heterocycles. The van der Waals surface area contributed by atoms with Crippen LogP contribution in [0.2, 0.25) is 0 Å². The summed E-state index contributed by atoms with van der Waals surface area (Å²) in [6, 6.07) is 60.5. The molecule has 230 valence electrons. The molecule has 0 unspecified atom stereocenters. The number of hydrogen-bond donors (Lipinski definition) is 0. The lowest BCUT2D eigenvalue weighted by Gasteiger charge is -2.14. The van der Waals surface area contributed by atoms with Crippen molar-refractivity contribution >= 4 is 21.9 Å². The van der Waals surface area contributed by atoms with Gasteiger partial charge in [0.25, 0.3) is 0 Å². The number of benzene rings is 7. The zero-order valence-corrected chi connectivity index (χ0v) is 26.5. The lowest BCUT2D eigenvalue weighted by atomic mass is 9.94. The lowest BCUT2D eigenvalue weighted by molar-refractivity contribution is 0.620. The summed E-state index contributed by atoms with van der Waals surface area (Å²) in [6.07, 6.45) is 0. The molecule has 2 heterocycles. The first-order valence-corrected chi connectivity index (χ1v) is 16.4. The summed E-state index contributed by atoms with van der Waals surface area (Å²) in [6.45, 7) is 0. The van der Waals surface area contributed by atoms with Gasteiger partial charge in [-0.3, -0.25) is 0 Å². The first-order chi connectivity index (χ1) is 24.3. The van der Waals surface area contributed by atoms with Crippen LogP contribution in [0.25, 0.3) is 89.5 Å². The second kappa shape index (κ2) is 12.2. The van der Waals surface area contributed by atoms with Crippen LogP contribution in [0.5, 0.6) is 0 Å². The van der Waals surface area contributed by atoms with Gasteiger partial charge in [0.05, 0.1) is 11.4 Å². The Bertz CT molecular complexity index is 2580. The molecule has 7 aromatic carbocycles. The van der Waals surface area contributed by atoms with Crippen molar-refractivity contribution in [2.45, 2.75) is 0 Å². The van der Waals surface area contributed by atoms with Gasteiger partial charge in [0.2, 0.25) is 5.89 Å². The van der Waals surface area contributed by atoms with E-state index < -0.39 is 0 Å². The molecule has 0 spiro atoms. The molecule has 0 aliphatic rings. The maximum atomic E-state index is 6.23. The molecule has 0 radical (unpaired) electrons. The predicted octanol–water partition coefficient (Wildman–Crippen LogP) is 11.8. The van der Waals surface area contributed by atoms with Gasteiger partial charge in [-0.25, -0.2) is 15.0 Å². The van der Waals surface area contributed by atoms with Gasteiger partial charge in [0.15, 0.2) is 11.4 Å². The van der Waals surface area contributed by atoms with Crippen LogP contribution in [0.3, 0.4) is 0 Å². The fourth-order valence-corrected chi connectivity index (χ4v) is 6.48. The Balaban J connectivity index is 1.16. The van der Waals surface area contributed by atoms with Crippen LogP contribution in [0, 0.1) is 0 Å². The summed E-state index contributed by atoms with van der Waals surface area (Å²) in [5.74, 6) is 1.30. The van der Waals surface area contributed by atoms with E-state index in [9.17, 15) is 0 Å². The Morgan fingerprint density at radius 3 is 1.51 bits per heavy atom. The van der Waals surface area contributed by atoms with E-state index in [1.807, 2.05) is 60.7 Å². The van der Waals surface area contributed by atoms with Gasteiger partial charge in [0, 0.05) is 22.3 Å². The molecule has 4 nitrogen and oxygen atoms in total. The molecule has 0 amide bonds. The second-order valence-corrected chi connectivity index (χ2v) is 12.0. The van der Waals surface area contributed by atoms with E-state index in [0.29, 0.717) is 11.7 Å². The predicted molar refractivity (Wildman–Crippen MR) is 200 cm³/mol. The van der Waals surface area contributed by atoms with Gasteiger partial charge >= 0.3 is 0 Å². The van der Waals surface area contributed by atoms with Gasteiger partial charge in [-0.05, 0) is 69.4 Å². The minimum atomic E-state index is 0.619. The van der Waals surface area contributed by atoms with Crippen molar-refractivity contribution in [3.63, 3.8) is 0 Å². The summed E-state index contributed by atoms with van der Waals surface area (Å²) in [7, 11) is 0. The van der Waals surface area contributed by atoms with Crippen molar-refractivity contribution in [3.8, 4) is 67.6 Å². The van der Waals surface area contributed by atoms with Crippen LogP contribution < -0.4 is 0 Å². The Kier molecular flexibility index (Phi) is 7.10. The van der Waals surface area contributed by atoms with E-state index in [0.717, 1.165) is 66.6 Å². The fourth-order valence-electron chi connectivity index (χ4n) is 6.48. The minimum absolute atomic E-state index is 0.619. The standard InChI is InChI=1S/C45H29N3O/c1-4-12-30(13-5-1)31-20-22-33(23-21-31)42-29-41(32-14-6-2-7-15-32)46-44(47-42)39-26-25-36(37-18-10-11-19-38(37)39)35-24-27-40-43(28-35)49-45(48-40)34-16-8-3-9-17-34/h1-29H. The smallest absolute Gasteiger partial charge is 0.227 e. The molecule has 0 aliphatic carbocycles. The summed E-state index contributed by atoms with van der Waals surface area (Å²) < 4.78 is 6.23. The molecule has 0 fully saturated rings. The zero-order chi connectivity index (χ0) is 32.6. The highest BCUT2D eigenvalue weighted by molar-refractivity contribution is 6.05. The summed E-state index contributed by atoms with van der Waals surface area (Å²) in [5.41, 5.74) is 11.9. The van der Waals surface area contributed by atoms with Crippen molar-refractivity contribution in [3.05, 3.63) is 176 Å². The number of oxazole rings is 1. The zero-order valence-electron chi connectivity index (χ0n) is 26.5. The van der Waals surface area contributed by atoms with E-state index in [-0.39, 0.29) is 0 Å². The van der Waals surface area contributed by atoms with E-state index in [2.05, 4.69) is 115 Å². The number of hydrogen-bond acceptors (Lipinski definition) is 4. The van der Waals surface area contributed by atoms with Crippen LogP contribution in [0.1, 0.15) is 0 Å². The molecule has 0 atom stereocenters. The molecule has 4 heteroatoms. The van der Waals surface area contributed by atoms with E-state index >= 15 is 0 Å². The molecule has 0 aliphatic heterocycles. The van der Waals surface area contributed by atoms with Crippen LogP contribution in [-0.2, 0) is 0 Å². The SMILES string of the molecule is c1ccc(-c2ccc(-c3cc(-c4ccccc4)nc(-c4ccc(-c5ccc6nc(-c7ccccc7)oc6c5)c5ccccc45)n3)cc2)cc1. The van der Waals surface area contributed by atoms with Crippen molar-refractivity contribution in [2.24, 2.45) is 0 Å². The normalized spacial score (nSPS) is 11.3. The molecular weight excluding hydrogens is 599 g/mol. The van der Waals surface area contributed by atoms with E-state index in [1.54, 1.807) is 0 Å². The summed E-state index contributed by atoms with van der Waals surface area (Å²) >= 11 is 0. The molecule has 0 saturated carbocycles. The Morgan fingerprint density at radius 2 is 0.837 bits per heavy atom. The molecule has 9 aromatic rings. The first kappa shape index (κ1) is 28.6. The Hall–Kier alpha value is -6.65. The average Bonchev–Trinajstić information content (AvgIpc) is 3.62. The molecule has 0 N–H and O–H groups in total. The minimum Gasteiger partial charge on any atom is -0.436 e. The van der Waals surface area contributed by atoms with Crippen LogP contribution in [-0.4, -0.2) is 15.0 Å². The highest BCUT2D eigenvalue weighted by Gasteiger charge is 2.16. The number of aromatic nitrogens is 3. The fraction of sp³-hybridized carbons (Fsp3) is 0. The van der Waals surface area contributed by atoms with Crippen LogP contribution in [0.15, 0.2) is 180 Å². The van der Waals surface area contributed by atoms with Gasteiger partial charge in [-0.1, -0.05) is 140 Å². The van der Waals surface area contributed by atoms with Crippen LogP contribution in [0.4, 0.5) is 0 Å². The molecular formula is C45H29N3O. The van der Waals surface area contributed by atoms with Crippen molar-refractivity contribution in [2.75, 3.05) is 0 Å². The van der Waals surface area contributed by atoms with Gasteiger partial charge in [-0.2, -0.15) is 0 Å². The maximum Gasteiger partial charge on any atom is 0.227 e. The van der Waals surface area contributed by atoms with E-state index in [1.165, 1.54) is 11.1 Å². The molecule has 2 aromatic heterocycles. The number of fused-ring (bicyclic) bond motifs is 2. The van der Waals surface area contributed by atoms with Crippen molar-refractivity contribution in [1.29, 1.82) is 0 Å². The number of rotatable bonds is 6. The molecule has 0 bridgehead atoms. The van der Waals surface area contributed by atoms with Crippen molar-refractivity contribution in [1.82, 2.24) is 15.0 Å². The highest BCUT2D eigenvalue weighted by Crippen LogP contribution is 2.38. The Labute approximate surface area is 284 Å². The largest absolute Gasteiger partial charge is 0.436 e. The third-order valence-corrected chi connectivity index (χ3v) is 8.97. The molecule has 49 heavy (non-hydrogen) atoms. The van der Waals surface area contributed by atoms with Gasteiger partial charge in [0.1, 0.15) is 5.52 Å². The average molecular weight is 628 g/mol. The Morgan fingerprint density at radius 1 is 0.347 bits per heavy atom. The molecule has 9 rings (SSSR count). The third-order valence-electron chi connectivity index (χ3n) is 8.97. The van der Waals surface area contributed by atoms with Gasteiger partial charge < -0.3 is 4.42 Å². The maximum absolute atomic E-state index is 6.23. The van der Waals surface area contributed by atoms with Crippen LogP contribution >= 0.6 is 0 Å². The lowest BCUT2D eigenvalue weighted by Crippen LogP contribution is -1.97. The van der Waals surface area contributed by atoms with Crippen molar-refractivity contribution < 1.29 is 4.42 Å². The first-order valence-electron chi connectivity index (χ1n) is 16.4. The summed E-state index contributed by atoms with van der Waals surface area (Å²) in [4.78, 5) is 15.1. The topological polar surface area (TPSA) is 51.8 Å². The quantitative estimate of drug-likeness (QED) is 0.184. The summed E-state index contributed by atoms with van der Waals surface area (Å²) in [5, 5.41) is 2.20. The van der Waals surface area contributed by atoms with Gasteiger partial charge in [-0.15, -0.1) is 0 Å². The highest BCUT2D eigenvalue weighted by atomic mass is 16.3. The monoisotopic (exact) mass is 627 g/mol. The second-order valence-electron chi connectivity index (χ2n) is 12.0.